The van der Waals surface area contributed by atoms with Crippen LogP contribution in [-0.2, 0) is 23.1 Å². The van der Waals surface area contributed by atoms with E-state index in [2.05, 4.69) is 12.0 Å². The first-order valence-corrected chi connectivity index (χ1v) is 10.4. The van der Waals surface area contributed by atoms with Crippen LogP contribution in [0.2, 0.25) is 0 Å². The van der Waals surface area contributed by atoms with Crippen molar-refractivity contribution >= 4 is 10.0 Å². The molecule has 2 rings (SSSR count). The summed E-state index contributed by atoms with van der Waals surface area (Å²) in [6.07, 6.45) is 0. The zero-order valence-electron chi connectivity index (χ0n) is 17.5. The van der Waals surface area contributed by atoms with Gasteiger partial charge in [0.1, 0.15) is 0 Å². The molecule has 0 fully saturated rings. The highest BCUT2D eigenvalue weighted by Crippen LogP contribution is 2.32. The fourth-order valence-corrected chi connectivity index (χ4v) is 5.28. The van der Waals surface area contributed by atoms with E-state index in [9.17, 15) is 8.42 Å². The molecule has 2 aromatic rings. The van der Waals surface area contributed by atoms with Gasteiger partial charge in [0, 0.05) is 31.4 Å². The molecular formula is C20H31N3O2S. The molecule has 0 bridgehead atoms. The molecule has 0 radical (unpaired) electrons. The van der Waals surface area contributed by atoms with E-state index in [4.69, 9.17) is 0 Å². The van der Waals surface area contributed by atoms with Crippen LogP contribution in [0.5, 0.6) is 0 Å². The molecule has 0 aliphatic heterocycles. The molecule has 0 aliphatic carbocycles. The Morgan fingerprint density at radius 3 is 1.77 bits per heavy atom. The summed E-state index contributed by atoms with van der Waals surface area (Å²) in [6.45, 7) is 16.9. The van der Waals surface area contributed by atoms with E-state index in [1.807, 2.05) is 53.1 Å². The van der Waals surface area contributed by atoms with E-state index in [1.165, 1.54) is 4.31 Å². The van der Waals surface area contributed by atoms with Gasteiger partial charge < -0.3 is 0 Å². The zero-order valence-corrected chi connectivity index (χ0v) is 18.3. The molecule has 5 nitrogen and oxygen atoms in total. The van der Waals surface area contributed by atoms with Gasteiger partial charge in [-0.2, -0.15) is 9.40 Å². The fourth-order valence-electron chi connectivity index (χ4n) is 3.59. The van der Waals surface area contributed by atoms with Crippen LogP contribution >= 0.6 is 0 Å². The molecule has 0 atom stereocenters. The van der Waals surface area contributed by atoms with E-state index >= 15 is 0 Å². The Morgan fingerprint density at radius 1 is 0.885 bits per heavy atom. The Bertz CT molecular complexity index is 927. The number of nitrogens with zero attached hydrogens (tertiary/aromatic N) is 3. The zero-order chi connectivity index (χ0) is 20.0. The number of hydrogen-bond donors (Lipinski definition) is 0. The number of aromatic nitrogens is 2. The first-order chi connectivity index (χ1) is 11.9. The third kappa shape index (κ3) is 3.21. The SMILES string of the molecule is CCn1nc(C)c(CN(C)S(=O)(=O)c2c(C)c(C)c(C)c(C)c2C)c1C. The minimum atomic E-state index is -3.59. The third-order valence-electron chi connectivity index (χ3n) is 5.81. The summed E-state index contributed by atoms with van der Waals surface area (Å²) >= 11 is 0. The molecule has 0 unspecified atom stereocenters. The van der Waals surface area contributed by atoms with Crippen molar-refractivity contribution in [3.8, 4) is 0 Å². The van der Waals surface area contributed by atoms with E-state index in [-0.39, 0.29) is 0 Å². The highest BCUT2D eigenvalue weighted by Gasteiger charge is 2.28. The van der Waals surface area contributed by atoms with Gasteiger partial charge in [0.15, 0.2) is 0 Å². The van der Waals surface area contributed by atoms with E-state index in [0.29, 0.717) is 11.4 Å². The van der Waals surface area contributed by atoms with Crippen LogP contribution in [0.25, 0.3) is 0 Å². The summed E-state index contributed by atoms with van der Waals surface area (Å²) in [5, 5.41) is 4.51. The Balaban J connectivity index is 2.54. The van der Waals surface area contributed by atoms with Gasteiger partial charge in [-0.1, -0.05) is 0 Å². The standard InChI is InChI=1S/C20H31N3O2S/c1-10-23-18(8)19(17(7)21-23)11-22(9)26(24,25)20-15(5)13(3)12(2)14(4)16(20)6/h10-11H2,1-9H3. The summed E-state index contributed by atoms with van der Waals surface area (Å²) in [5.41, 5.74) is 7.84. The highest BCUT2D eigenvalue weighted by atomic mass is 32.2. The largest absolute Gasteiger partial charge is 0.270 e. The summed E-state index contributed by atoms with van der Waals surface area (Å²) in [4.78, 5) is 0.443. The molecule has 1 aromatic carbocycles. The van der Waals surface area contributed by atoms with Crippen LogP contribution in [-0.4, -0.2) is 29.6 Å². The van der Waals surface area contributed by atoms with Gasteiger partial charge in [0.25, 0.3) is 0 Å². The third-order valence-corrected chi connectivity index (χ3v) is 7.89. The summed E-state index contributed by atoms with van der Waals surface area (Å²) in [7, 11) is -1.94. The van der Waals surface area contributed by atoms with Gasteiger partial charge in [0.05, 0.1) is 10.6 Å². The van der Waals surface area contributed by atoms with Crippen LogP contribution in [0.1, 0.15) is 51.7 Å². The van der Waals surface area contributed by atoms with Crippen molar-refractivity contribution in [3.63, 3.8) is 0 Å². The molecule has 0 amide bonds. The number of benzene rings is 1. The number of hydrogen-bond acceptors (Lipinski definition) is 3. The number of rotatable bonds is 5. The molecule has 0 saturated heterocycles. The monoisotopic (exact) mass is 377 g/mol. The van der Waals surface area contributed by atoms with Crippen molar-refractivity contribution < 1.29 is 8.42 Å². The first-order valence-electron chi connectivity index (χ1n) is 9.01. The molecular weight excluding hydrogens is 346 g/mol. The Morgan fingerprint density at radius 2 is 1.35 bits per heavy atom. The minimum absolute atomic E-state index is 0.324. The molecule has 0 N–H and O–H groups in total. The minimum Gasteiger partial charge on any atom is -0.270 e. The maximum Gasteiger partial charge on any atom is 0.243 e. The Kier molecular flexibility index (Phi) is 5.69. The molecule has 1 heterocycles. The van der Waals surface area contributed by atoms with Gasteiger partial charge in [0.2, 0.25) is 10.0 Å². The lowest BCUT2D eigenvalue weighted by molar-refractivity contribution is 0.463. The van der Waals surface area contributed by atoms with Crippen molar-refractivity contribution in [1.82, 2.24) is 14.1 Å². The quantitative estimate of drug-likeness (QED) is 0.794. The van der Waals surface area contributed by atoms with Crippen LogP contribution in [0.4, 0.5) is 0 Å². The average Bonchev–Trinajstić information content (AvgIpc) is 2.85. The smallest absolute Gasteiger partial charge is 0.243 e. The first kappa shape index (κ1) is 20.6. The van der Waals surface area contributed by atoms with Crippen molar-refractivity contribution in [1.29, 1.82) is 0 Å². The number of aryl methyl sites for hydroxylation is 2. The van der Waals surface area contributed by atoms with Gasteiger partial charge in [-0.3, -0.25) is 4.68 Å². The predicted octanol–water partition coefficient (Wildman–Crippen LogP) is 3.88. The van der Waals surface area contributed by atoms with Crippen molar-refractivity contribution in [2.75, 3.05) is 7.05 Å². The fraction of sp³-hybridized carbons (Fsp3) is 0.550. The topological polar surface area (TPSA) is 55.2 Å². The van der Waals surface area contributed by atoms with Crippen LogP contribution in [0.3, 0.4) is 0 Å². The molecule has 0 aliphatic rings. The second-order valence-corrected chi connectivity index (χ2v) is 9.16. The number of sulfonamides is 1. The van der Waals surface area contributed by atoms with E-state index < -0.39 is 10.0 Å². The van der Waals surface area contributed by atoms with Crippen molar-refractivity contribution in [3.05, 3.63) is 44.8 Å². The predicted molar refractivity (Wildman–Crippen MR) is 106 cm³/mol. The maximum atomic E-state index is 13.4. The van der Waals surface area contributed by atoms with Crippen LogP contribution in [0.15, 0.2) is 4.90 Å². The molecule has 144 valence electrons. The summed E-state index contributed by atoms with van der Waals surface area (Å²) in [5.74, 6) is 0. The van der Waals surface area contributed by atoms with Gasteiger partial charge >= 0.3 is 0 Å². The second-order valence-electron chi connectivity index (χ2n) is 7.18. The van der Waals surface area contributed by atoms with Gasteiger partial charge in [-0.05, 0) is 83.2 Å². The van der Waals surface area contributed by atoms with Gasteiger partial charge in [-0.25, -0.2) is 8.42 Å². The Labute approximate surface area is 158 Å². The lowest BCUT2D eigenvalue weighted by atomic mass is 9.95. The molecule has 0 spiro atoms. The average molecular weight is 378 g/mol. The van der Waals surface area contributed by atoms with E-state index in [1.54, 1.807) is 7.05 Å². The highest BCUT2D eigenvalue weighted by molar-refractivity contribution is 7.89. The van der Waals surface area contributed by atoms with Crippen molar-refractivity contribution in [2.24, 2.45) is 0 Å². The summed E-state index contributed by atoms with van der Waals surface area (Å²) in [6, 6.07) is 0. The van der Waals surface area contributed by atoms with Gasteiger partial charge in [-0.15, -0.1) is 0 Å². The Hall–Kier alpha value is -1.66. The molecule has 26 heavy (non-hydrogen) atoms. The van der Waals surface area contributed by atoms with Crippen LogP contribution in [0, 0.1) is 48.5 Å². The maximum absolute atomic E-state index is 13.4. The lowest BCUT2D eigenvalue weighted by Gasteiger charge is -2.23. The van der Waals surface area contributed by atoms with E-state index in [0.717, 1.165) is 51.3 Å². The molecule has 0 saturated carbocycles. The second kappa shape index (κ2) is 7.16. The van der Waals surface area contributed by atoms with Crippen LogP contribution < -0.4 is 0 Å². The molecule has 6 heteroatoms. The lowest BCUT2D eigenvalue weighted by Crippen LogP contribution is -2.29. The van der Waals surface area contributed by atoms with Crippen molar-refractivity contribution in [2.45, 2.75) is 73.4 Å². The normalized spacial score (nSPS) is 12.2. The molecule has 1 aromatic heterocycles. The summed E-state index contributed by atoms with van der Waals surface area (Å²) < 4.78 is 30.2.